The molecular formula is C15H19BrN2O3. The van der Waals surface area contributed by atoms with Gasteiger partial charge in [-0.1, -0.05) is 15.9 Å². The number of benzene rings is 1. The zero-order chi connectivity index (χ0) is 15.6. The number of nitrogens with one attached hydrogen (secondary N) is 1. The Balaban J connectivity index is 2.11. The fraction of sp³-hybridized carbons (Fsp3) is 0.400. The number of carbonyl (C=O) groups excluding carboxylic acids is 1. The Morgan fingerprint density at radius 3 is 2.86 bits per heavy atom. The summed E-state index contributed by atoms with van der Waals surface area (Å²) in [6.45, 7) is 2.53. The number of furan rings is 1. The molecule has 0 bridgehead atoms. The monoisotopic (exact) mass is 354 g/mol. The van der Waals surface area contributed by atoms with Gasteiger partial charge in [0.25, 0.3) is 5.91 Å². The Morgan fingerprint density at radius 2 is 2.19 bits per heavy atom. The first-order valence-corrected chi connectivity index (χ1v) is 7.47. The van der Waals surface area contributed by atoms with E-state index in [1.54, 1.807) is 0 Å². The Morgan fingerprint density at radius 1 is 1.48 bits per heavy atom. The zero-order valence-corrected chi connectivity index (χ0v) is 13.9. The molecule has 0 radical (unpaired) electrons. The van der Waals surface area contributed by atoms with Gasteiger partial charge >= 0.3 is 0 Å². The molecule has 1 aromatic carbocycles. The van der Waals surface area contributed by atoms with Gasteiger partial charge in [-0.3, -0.25) is 4.79 Å². The predicted octanol–water partition coefficient (Wildman–Crippen LogP) is 2.16. The van der Waals surface area contributed by atoms with Crippen molar-refractivity contribution >= 4 is 32.8 Å². The molecule has 1 heterocycles. The van der Waals surface area contributed by atoms with Crippen molar-refractivity contribution in [3.63, 3.8) is 0 Å². The van der Waals surface area contributed by atoms with E-state index in [0.717, 1.165) is 15.4 Å². The minimum absolute atomic E-state index is 0.192. The summed E-state index contributed by atoms with van der Waals surface area (Å²) in [4.78, 5) is 14.0. The van der Waals surface area contributed by atoms with E-state index in [1.165, 1.54) is 0 Å². The second-order valence-electron chi connectivity index (χ2n) is 5.32. The Kier molecular flexibility index (Phi) is 5.03. The largest absolute Gasteiger partial charge is 0.451 e. The molecule has 114 valence electrons. The summed E-state index contributed by atoms with van der Waals surface area (Å²) in [5.41, 5.74) is 1.47. The van der Waals surface area contributed by atoms with Gasteiger partial charge in [0, 0.05) is 28.5 Å². The summed E-state index contributed by atoms with van der Waals surface area (Å²) < 4.78 is 6.54. The first-order valence-electron chi connectivity index (χ1n) is 6.68. The number of fused-ring (bicyclic) bond motifs is 1. The second kappa shape index (κ2) is 6.60. The molecule has 0 aliphatic heterocycles. The van der Waals surface area contributed by atoms with E-state index in [9.17, 15) is 9.90 Å². The van der Waals surface area contributed by atoms with E-state index < -0.39 is 6.10 Å². The lowest BCUT2D eigenvalue weighted by molar-refractivity contribution is 0.0867. The highest BCUT2D eigenvalue weighted by molar-refractivity contribution is 9.10. The van der Waals surface area contributed by atoms with E-state index in [-0.39, 0.29) is 12.5 Å². The van der Waals surface area contributed by atoms with Crippen molar-refractivity contribution in [3.05, 3.63) is 34.0 Å². The Hall–Kier alpha value is -1.37. The van der Waals surface area contributed by atoms with Crippen LogP contribution in [0.5, 0.6) is 0 Å². The van der Waals surface area contributed by atoms with Gasteiger partial charge in [0.05, 0.1) is 6.10 Å². The fourth-order valence-electron chi connectivity index (χ4n) is 2.19. The first-order chi connectivity index (χ1) is 9.88. The molecule has 2 N–H and O–H groups in total. The molecule has 2 rings (SSSR count). The quantitative estimate of drug-likeness (QED) is 0.863. The number of aliphatic hydroxyl groups excluding tert-OH is 1. The van der Waals surface area contributed by atoms with Crippen LogP contribution in [0.2, 0.25) is 0 Å². The summed E-state index contributed by atoms with van der Waals surface area (Å²) in [6, 6.07) is 5.61. The molecule has 1 amide bonds. The maximum absolute atomic E-state index is 12.2. The summed E-state index contributed by atoms with van der Waals surface area (Å²) in [7, 11) is 3.73. The average molecular weight is 355 g/mol. The normalized spacial score (nSPS) is 12.9. The molecule has 0 saturated carbocycles. The molecule has 1 atom stereocenters. The van der Waals surface area contributed by atoms with Crippen molar-refractivity contribution in [2.75, 3.05) is 27.2 Å². The van der Waals surface area contributed by atoms with Gasteiger partial charge in [-0.25, -0.2) is 0 Å². The van der Waals surface area contributed by atoms with Crippen molar-refractivity contribution in [2.24, 2.45) is 0 Å². The maximum atomic E-state index is 12.2. The SMILES string of the molecule is Cc1c(C(=O)NCC(O)CN(C)C)oc2ccc(Br)cc12. The average Bonchev–Trinajstić information content (AvgIpc) is 2.73. The van der Waals surface area contributed by atoms with Crippen LogP contribution in [-0.2, 0) is 0 Å². The van der Waals surface area contributed by atoms with Crippen molar-refractivity contribution in [2.45, 2.75) is 13.0 Å². The standard InChI is InChI=1S/C15H19BrN2O3/c1-9-12-6-10(16)4-5-13(12)21-14(9)15(20)17-7-11(19)8-18(2)3/h4-6,11,19H,7-8H2,1-3H3,(H,17,20). The fourth-order valence-corrected chi connectivity index (χ4v) is 2.55. The highest BCUT2D eigenvalue weighted by Crippen LogP contribution is 2.27. The van der Waals surface area contributed by atoms with E-state index >= 15 is 0 Å². The molecular weight excluding hydrogens is 336 g/mol. The van der Waals surface area contributed by atoms with Gasteiger partial charge in [-0.05, 0) is 39.2 Å². The predicted molar refractivity (Wildman–Crippen MR) is 85.5 cm³/mol. The number of hydrogen-bond acceptors (Lipinski definition) is 4. The van der Waals surface area contributed by atoms with Crippen LogP contribution in [-0.4, -0.2) is 49.2 Å². The number of hydrogen-bond donors (Lipinski definition) is 2. The second-order valence-corrected chi connectivity index (χ2v) is 6.24. The lowest BCUT2D eigenvalue weighted by Crippen LogP contribution is -2.37. The third kappa shape index (κ3) is 3.84. The molecule has 1 unspecified atom stereocenters. The van der Waals surface area contributed by atoms with Crippen molar-refractivity contribution in [3.8, 4) is 0 Å². The summed E-state index contributed by atoms with van der Waals surface area (Å²) in [5, 5.41) is 13.4. The minimum Gasteiger partial charge on any atom is -0.451 e. The van der Waals surface area contributed by atoms with Crippen LogP contribution in [0.1, 0.15) is 16.1 Å². The molecule has 1 aromatic heterocycles. The zero-order valence-electron chi connectivity index (χ0n) is 12.3. The molecule has 0 saturated heterocycles. The first kappa shape index (κ1) is 16.0. The third-order valence-corrected chi connectivity index (χ3v) is 3.67. The molecule has 0 spiro atoms. The van der Waals surface area contributed by atoms with Crippen LogP contribution in [0.15, 0.2) is 27.1 Å². The number of aliphatic hydroxyl groups is 1. The van der Waals surface area contributed by atoms with Crippen molar-refractivity contribution in [1.29, 1.82) is 0 Å². The van der Waals surface area contributed by atoms with Crippen LogP contribution < -0.4 is 5.32 Å². The third-order valence-electron chi connectivity index (χ3n) is 3.18. The minimum atomic E-state index is -0.609. The topological polar surface area (TPSA) is 65.7 Å². The van der Waals surface area contributed by atoms with E-state index in [0.29, 0.717) is 17.9 Å². The summed E-state index contributed by atoms with van der Waals surface area (Å²) in [5.74, 6) is -0.0159. The molecule has 0 aliphatic rings. The van der Waals surface area contributed by atoms with Crippen LogP contribution in [0.25, 0.3) is 11.0 Å². The Labute approximate surface area is 132 Å². The molecule has 5 nitrogen and oxygen atoms in total. The number of carbonyl (C=O) groups is 1. The number of likely N-dealkylation sites (N-methyl/N-ethyl adjacent to an activating group) is 1. The number of rotatable bonds is 5. The molecule has 21 heavy (non-hydrogen) atoms. The van der Waals surface area contributed by atoms with Crippen molar-refractivity contribution in [1.82, 2.24) is 10.2 Å². The van der Waals surface area contributed by atoms with Gasteiger partial charge in [-0.15, -0.1) is 0 Å². The van der Waals surface area contributed by atoms with Gasteiger partial charge in [0.15, 0.2) is 5.76 Å². The number of halogens is 1. The van der Waals surface area contributed by atoms with Crippen LogP contribution >= 0.6 is 15.9 Å². The number of aryl methyl sites for hydroxylation is 1. The van der Waals surface area contributed by atoms with E-state index in [1.807, 2.05) is 44.1 Å². The van der Waals surface area contributed by atoms with E-state index in [4.69, 9.17) is 4.42 Å². The van der Waals surface area contributed by atoms with Gasteiger partial charge < -0.3 is 19.7 Å². The Bertz CT molecular complexity index is 652. The summed E-state index contributed by atoms with van der Waals surface area (Å²) >= 11 is 3.41. The molecule has 2 aromatic rings. The van der Waals surface area contributed by atoms with E-state index in [2.05, 4.69) is 21.2 Å². The lowest BCUT2D eigenvalue weighted by atomic mass is 10.1. The summed E-state index contributed by atoms with van der Waals surface area (Å²) in [6.07, 6.45) is -0.609. The van der Waals surface area contributed by atoms with Crippen LogP contribution in [0.4, 0.5) is 0 Å². The maximum Gasteiger partial charge on any atom is 0.287 e. The highest BCUT2D eigenvalue weighted by Gasteiger charge is 2.18. The van der Waals surface area contributed by atoms with Gasteiger partial charge in [0.2, 0.25) is 0 Å². The van der Waals surface area contributed by atoms with Gasteiger partial charge in [-0.2, -0.15) is 0 Å². The number of nitrogens with zero attached hydrogens (tertiary/aromatic N) is 1. The highest BCUT2D eigenvalue weighted by atomic mass is 79.9. The van der Waals surface area contributed by atoms with Gasteiger partial charge in [0.1, 0.15) is 5.58 Å². The van der Waals surface area contributed by atoms with Crippen molar-refractivity contribution < 1.29 is 14.3 Å². The number of amides is 1. The molecule has 0 fully saturated rings. The molecule has 0 aliphatic carbocycles. The van der Waals surface area contributed by atoms with Crippen LogP contribution in [0, 0.1) is 6.92 Å². The lowest BCUT2D eigenvalue weighted by Gasteiger charge is -2.16. The smallest absolute Gasteiger partial charge is 0.287 e. The molecule has 6 heteroatoms. The van der Waals surface area contributed by atoms with Crippen LogP contribution in [0.3, 0.4) is 0 Å².